The minimum atomic E-state index is 0.634. The second-order valence-electron chi connectivity index (χ2n) is 7.60. The van der Waals surface area contributed by atoms with Crippen LogP contribution in [-0.4, -0.2) is 59.8 Å². The molecule has 1 fully saturated rings. The summed E-state index contributed by atoms with van der Waals surface area (Å²) in [6.45, 7) is 5.33. The van der Waals surface area contributed by atoms with Crippen molar-refractivity contribution in [2.45, 2.75) is 13.0 Å². The van der Waals surface area contributed by atoms with Gasteiger partial charge in [0.25, 0.3) is 0 Å². The van der Waals surface area contributed by atoms with Crippen molar-refractivity contribution in [1.29, 1.82) is 0 Å². The Morgan fingerprint density at radius 2 is 2.00 bits per heavy atom. The Kier molecular flexibility index (Phi) is 4.71. The van der Waals surface area contributed by atoms with Gasteiger partial charge in [0.1, 0.15) is 12.1 Å². The van der Waals surface area contributed by atoms with Crippen molar-refractivity contribution >= 4 is 39.9 Å². The van der Waals surface area contributed by atoms with Crippen LogP contribution in [0.25, 0.3) is 11.1 Å². The van der Waals surface area contributed by atoms with Crippen LogP contribution in [0.4, 0.5) is 11.5 Å². The van der Waals surface area contributed by atoms with Gasteiger partial charge in [-0.05, 0) is 41.9 Å². The predicted octanol–water partition coefficient (Wildman–Crippen LogP) is 2.41. The van der Waals surface area contributed by atoms with Gasteiger partial charge in [0.2, 0.25) is 5.71 Å². The van der Waals surface area contributed by atoms with Gasteiger partial charge in [-0.15, -0.1) is 0 Å². The van der Waals surface area contributed by atoms with Crippen LogP contribution in [-0.2, 0) is 13.0 Å². The summed E-state index contributed by atoms with van der Waals surface area (Å²) >= 11 is 5.66. The topological polar surface area (TPSA) is 60.7 Å². The van der Waals surface area contributed by atoms with E-state index in [1.54, 1.807) is 12.6 Å². The number of hydrogen-bond donors (Lipinski definition) is 1. The van der Waals surface area contributed by atoms with Gasteiger partial charge in [-0.1, -0.05) is 12.1 Å². The first kappa shape index (κ1) is 18.2. The molecule has 2 aliphatic rings. The van der Waals surface area contributed by atoms with Crippen molar-refractivity contribution in [2.24, 2.45) is 0 Å². The highest BCUT2D eigenvalue weighted by atomic mass is 32.1. The third-order valence-corrected chi connectivity index (χ3v) is 6.23. The Bertz CT molecular complexity index is 1040. The van der Waals surface area contributed by atoms with E-state index in [9.17, 15) is 0 Å². The summed E-state index contributed by atoms with van der Waals surface area (Å²) in [6.07, 6.45) is 4.35. The summed E-state index contributed by atoms with van der Waals surface area (Å²) in [5, 5.41) is 5.22. The van der Waals surface area contributed by atoms with Crippen LogP contribution >= 0.6 is 12.2 Å². The fourth-order valence-corrected chi connectivity index (χ4v) is 4.42. The minimum Gasteiger partial charge on any atom is -0.446 e. The van der Waals surface area contributed by atoms with Gasteiger partial charge >= 0.3 is 0 Å². The van der Waals surface area contributed by atoms with Crippen LogP contribution in [0.1, 0.15) is 11.1 Å². The molecule has 5 rings (SSSR count). The molecule has 1 N–H and O–H groups in total. The SMILES string of the molecule is CN1CCc2cc(CNC(=S)N3CCN(c4ncnc5occc45)CC3)ccc21. The summed E-state index contributed by atoms with van der Waals surface area (Å²) in [5.74, 6) is 0.936. The molecular weight excluding hydrogens is 384 g/mol. The number of likely N-dealkylation sites (N-methyl/N-ethyl adjacent to an activating group) is 1. The molecule has 0 unspecified atom stereocenters. The average Bonchev–Trinajstić information content (AvgIpc) is 3.38. The maximum atomic E-state index is 5.66. The number of piperazine rings is 1. The zero-order chi connectivity index (χ0) is 19.8. The fraction of sp³-hybridized carbons (Fsp3) is 0.381. The van der Waals surface area contributed by atoms with Crippen molar-refractivity contribution in [3.63, 3.8) is 0 Å². The molecule has 29 heavy (non-hydrogen) atoms. The number of benzene rings is 1. The van der Waals surface area contributed by atoms with Crippen LogP contribution in [0.3, 0.4) is 0 Å². The molecule has 0 atom stereocenters. The Morgan fingerprint density at radius 1 is 1.14 bits per heavy atom. The first-order valence-electron chi connectivity index (χ1n) is 9.98. The van der Waals surface area contributed by atoms with Gasteiger partial charge in [0.15, 0.2) is 5.11 Å². The van der Waals surface area contributed by atoms with Crippen LogP contribution in [0.5, 0.6) is 0 Å². The van der Waals surface area contributed by atoms with E-state index in [1.165, 1.54) is 16.8 Å². The number of furan rings is 1. The summed E-state index contributed by atoms with van der Waals surface area (Å²) in [4.78, 5) is 15.5. The minimum absolute atomic E-state index is 0.634. The van der Waals surface area contributed by atoms with Gasteiger partial charge in [-0.3, -0.25) is 0 Å². The van der Waals surface area contributed by atoms with E-state index in [0.29, 0.717) is 5.71 Å². The number of hydrogen-bond acceptors (Lipinski definition) is 6. The number of nitrogens with zero attached hydrogens (tertiary/aromatic N) is 5. The second kappa shape index (κ2) is 7.51. The number of fused-ring (bicyclic) bond motifs is 2. The largest absolute Gasteiger partial charge is 0.446 e. The zero-order valence-electron chi connectivity index (χ0n) is 16.5. The molecule has 8 heteroatoms. The van der Waals surface area contributed by atoms with Crippen molar-refractivity contribution in [2.75, 3.05) is 49.6 Å². The van der Waals surface area contributed by atoms with E-state index in [0.717, 1.165) is 62.0 Å². The molecule has 3 aromatic rings. The molecule has 1 saturated heterocycles. The quantitative estimate of drug-likeness (QED) is 0.663. The Balaban J connectivity index is 1.17. The molecule has 7 nitrogen and oxygen atoms in total. The molecule has 0 saturated carbocycles. The third-order valence-electron chi connectivity index (χ3n) is 5.82. The predicted molar refractivity (Wildman–Crippen MR) is 118 cm³/mol. The first-order valence-corrected chi connectivity index (χ1v) is 10.4. The molecule has 0 radical (unpaired) electrons. The average molecular weight is 409 g/mol. The van der Waals surface area contributed by atoms with Crippen molar-refractivity contribution in [1.82, 2.24) is 20.2 Å². The number of nitrogens with one attached hydrogen (secondary N) is 1. The van der Waals surface area contributed by atoms with E-state index in [-0.39, 0.29) is 0 Å². The number of aromatic nitrogens is 2. The maximum absolute atomic E-state index is 5.66. The van der Waals surface area contributed by atoms with Crippen LogP contribution < -0.4 is 15.1 Å². The molecule has 150 valence electrons. The van der Waals surface area contributed by atoms with Gasteiger partial charge < -0.3 is 24.4 Å². The first-order chi connectivity index (χ1) is 14.2. The highest BCUT2D eigenvalue weighted by molar-refractivity contribution is 7.80. The van der Waals surface area contributed by atoms with Gasteiger partial charge in [0, 0.05) is 52.0 Å². The van der Waals surface area contributed by atoms with E-state index in [4.69, 9.17) is 16.6 Å². The normalized spacial score (nSPS) is 16.4. The van der Waals surface area contributed by atoms with E-state index >= 15 is 0 Å². The molecule has 0 bridgehead atoms. The van der Waals surface area contributed by atoms with Crippen molar-refractivity contribution < 1.29 is 4.42 Å². The molecule has 0 aliphatic carbocycles. The highest BCUT2D eigenvalue weighted by Gasteiger charge is 2.22. The monoisotopic (exact) mass is 408 g/mol. The Labute approximate surface area is 175 Å². The van der Waals surface area contributed by atoms with Gasteiger partial charge in [-0.2, -0.15) is 0 Å². The molecule has 0 spiro atoms. The molecule has 2 aliphatic heterocycles. The summed E-state index contributed by atoms with van der Waals surface area (Å²) in [7, 11) is 2.15. The van der Waals surface area contributed by atoms with Crippen LogP contribution in [0, 0.1) is 0 Å². The number of thiocarbonyl (C=S) groups is 1. The lowest BCUT2D eigenvalue weighted by Gasteiger charge is -2.36. The van der Waals surface area contributed by atoms with E-state index < -0.39 is 0 Å². The standard InChI is InChI=1S/C21H24N6OS/c1-25-6-4-16-12-15(2-3-18(16)25)13-22-21(29)27-9-7-26(8-10-27)19-17-5-11-28-20(17)24-14-23-19/h2-3,5,11-12,14H,4,6-10,13H2,1H3,(H,22,29). The number of rotatable bonds is 3. The summed E-state index contributed by atoms with van der Waals surface area (Å²) in [5.41, 5.74) is 4.70. The smallest absolute Gasteiger partial charge is 0.231 e. The highest BCUT2D eigenvalue weighted by Crippen LogP contribution is 2.27. The molecule has 2 aromatic heterocycles. The van der Waals surface area contributed by atoms with Crippen molar-refractivity contribution in [3.05, 3.63) is 48.0 Å². The Morgan fingerprint density at radius 3 is 2.86 bits per heavy atom. The number of anilines is 2. The van der Waals surface area contributed by atoms with E-state index in [1.807, 2.05) is 6.07 Å². The van der Waals surface area contributed by atoms with Gasteiger partial charge in [0.05, 0.1) is 11.6 Å². The fourth-order valence-electron chi connectivity index (χ4n) is 4.17. The summed E-state index contributed by atoms with van der Waals surface area (Å²) in [6, 6.07) is 8.65. The zero-order valence-corrected chi connectivity index (χ0v) is 17.3. The summed E-state index contributed by atoms with van der Waals surface area (Å²) < 4.78 is 5.39. The molecule has 0 amide bonds. The molecule has 1 aromatic carbocycles. The lowest BCUT2D eigenvalue weighted by Crippen LogP contribution is -2.51. The third kappa shape index (κ3) is 3.48. The molecular formula is C21H24N6OS. The lowest BCUT2D eigenvalue weighted by atomic mass is 10.1. The van der Waals surface area contributed by atoms with Gasteiger partial charge in [-0.25, -0.2) is 9.97 Å². The lowest BCUT2D eigenvalue weighted by molar-refractivity contribution is 0.379. The maximum Gasteiger partial charge on any atom is 0.231 e. The van der Waals surface area contributed by atoms with Crippen LogP contribution in [0.15, 0.2) is 41.3 Å². The Hall–Kier alpha value is -2.87. The van der Waals surface area contributed by atoms with E-state index in [2.05, 4.69) is 55.2 Å². The second-order valence-corrected chi connectivity index (χ2v) is 7.99. The molecule has 4 heterocycles. The van der Waals surface area contributed by atoms with Crippen LogP contribution in [0.2, 0.25) is 0 Å². The van der Waals surface area contributed by atoms with Crippen molar-refractivity contribution in [3.8, 4) is 0 Å².